The lowest BCUT2D eigenvalue weighted by Gasteiger charge is -2.25. The average molecular weight is 272 g/mol. The van der Waals surface area contributed by atoms with Crippen LogP contribution in [0.25, 0.3) is 0 Å². The molecule has 0 aromatic carbocycles. The zero-order chi connectivity index (χ0) is 14.7. The number of amides is 2. The highest BCUT2D eigenvalue weighted by Crippen LogP contribution is 2.21. The number of carboxylic acids is 1. The average Bonchev–Trinajstić information content (AvgIpc) is 2.47. The van der Waals surface area contributed by atoms with Crippen molar-refractivity contribution in [3.05, 3.63) is 0 Å². The van der Waals surface area contributed by atoms with Crippen LogP contribution in [0, 0.1) is 5.41 Å². The Kier molecular flexibility index (Phi) is 4.79. The summed E-state index contributed by atoms with van der Waals surface area (Å²) in [5.41, 5.74) is -1.69. The summed E-state index contributed by atoms with van der Waals surface area (Å²) in [7, 11) is 0. The molecule has 0 radical (unpaired) electrons. The van der Waals surface area contributed by atoms with E-state index < -0.39 is 17.0 Å². The molecule has 1 aliphatic rings. The molecule has 1 atom stereocenters. The number of carbonyl (C=O) groups excluding carboxylic acids is 1. The molecule has 0 aliphatic carbocycles. The van der Waals surface area contributed by atoms with Crippen molar-refractivity contribution in [1.82, 2.24) is 10.2 Å². The lowest BCUT2D eigenvalue weighted by Crippen LogP contribution is -2.46. The zero-order valence-corrected chi connectivity index (χ0v) is 11.9. The summed E-state index contributed by atoms with van der Waals surface area (Å²) in [5.74, 6) is -0.938. The molecule has 0 aromatic rings. The van der Waals surface area contributed by atoms with Crippen LogP contribution in [0.2, 0.25) is 0 Å². The van der Waals surface area contributed by atoms with Gasteiger partial charge in [0.2, 0.25) is 0 Å². The Labute approximate surface area is 113 Å². The van der Waals surface area contributed by atoms with Crippen LogP contribution in [0.15, 0.2) is 0 Å². The second kappa shape index (κ2) is 5.77. The molecule has 1 heterocycles. The van der Waals surface area contributed by atoms with Crippen LogP contribution in [0.4, 0.5) is 4.79 Å². The van der Waals surface area contributed by atoms with Crippen LogP contribution in [0.1, 0.15) is 40.0 Å². The topological polar surface area (TPSA) is 89.9 Å². The molecule has 1 aliphatic heterocycles. The van der Waals surface area contributed by atoms with Crippen molar-refractivity contribution >= 4 is 12.0 Å². The van der Waals surface area contributed by atoms with Gasteiger partial charge < -0.3 is 20.4 Å². The van der Waals surface area contributed by atoms with Crippen LogP contribution < -0.4 is 5.32 Å². The summed E-state index contributed by atoms with van der Waals surface area (Å²) in [5, 5.41) is 21.6. The number of nitrogens with one attached hydrogen (secondary N) is 1. The van der Waals surface area contributed by atoms with Crippen molar-refractivity contribution in [3.8, 4) is 0 Å². The van der Waals surface area contributed by atoms with Gasteiger partial charge in [-0.2, -0.15) is 0 Å². The fourth-order valence-corrected chi connectivity index (χ4v) is 1.95. The van der Waals surface area contributed by atoms with Crippen LogP contribution >= 0.6 is 0 Å². The zero-order valence-electron chi connectivity index (χ0n) is 11.9. The SMILES string of the molecule is CC1(O)CCCN(C(=O)NCC(C)(C)C(=O)O)CC1. The van der Waals surface area contributed by atoms with Crippen LogP contribution in [-0.2, 0) is 4.79 Å². The number of nitrogens with zero attached hydrogens (tertiary/aromatic N) is 1. The number of aliphatic carboxylic acids is 1. The van der Waals surface area contributed by atoms with Crippen molar-refractivity contribution in [2.45, 2.75) is 45.6 Å². The Morgan fingerprint density at radius 1 is 1.32 bits per heavy atom. The van der Waals surface area contributed by atoms with Crippen molar-refractivity contribution in [3.63, 3.8) is 0 Å². The highest BCUT2D eigenvalue weighted by molar-refractivity contribution is 5.77. The number of aliphatic hydroxyl groups is 1. The molecule has 6 nitrogen and oxygen atoms in total. The van der Waals surface area contributed by atoms with E-state index in [4.69, 9.17) is 5.11 Å². The summed E-state index contributed by atoms with van der Waals surface area (Å²) < 4.78 is 0. The maximum absolute atomic E-state index is 12.0. The van der Waals surface area contributed by atoms with Gasteiger partial charge in [0.15, 0.2) is 0 Å². The number of likely N-dealkylation sites (tertiary alicyclic amines) is 1. The lowest BCUT2D eigenvalue weighted by molar-refractivity contribution is -0.146. The molecule has 1 saturated heterocycles. The molecular weight excluding hydrogens is 248 g/mol. The molecule has 19 heavy (non-hydrogen) atoms. The van der Waals surface area contributed by atoms with Gasteiger partial charge in [-0.25, -0.2) is 4.79 Å². The van der Waals surface area contributed by atoms with E-state index in [2.05, 4.69) is 5.32 Å². The Morgan fingerprint density at radius 3 is 2.53 bits per heavy atom. The molecule has 0 aromatic heterocycles. The van der Waals surface area contributed by atoms with E-state index in [9.17, 15) is 14.7 Å². The van der Waals surface area contributed by atoms with E-state index in [1.807, 2.05) is 0 Å². The third-order valence-electron chi connectivity index (χ3n) is 3.61. The van der Waals surface area contributed by atoms with E-state index in [-0.39, 0.29) is 12.6 Å². The van der Waals surface area contributed by atoms with E-state index in [1.54, 1.807) is 25.7 Å². The molecule has 1 rings (SSSR count). The van der Waals surface area contributed by atoms with Gasteiger partial charge in [-0.15, -0.1) is 0 Å². The molecule has 0 bridgehead atoms. The number of hydrogen-bond acceptors (Lipinski definition) is 3. The fourth-order valence-electron chi connectivity index (χ4n) is 1.95. The largest absolute Gasteiger partial charge is 0.481 e. The Balaban J connectivity index is 2.48. The summed E-state index contributed by atoms with van der Waals surface area (Å²) in [6.07, 6.45) is 1.98. The van der Waals surface area contributed by atoms with E-state index in [0.29, 0.717) is 25.9 Å². The van der Waals surface area contributed by atoms with Gasteiger partial charge in [0.1, 0.15) is 0 Å². The molecule has 0 saturated carbocycles. The Morgan fingerprint density at radius 2 is 1.95 bits per heavy atom. The third kappa shape index (κ3) is 4.70. The lowest BCUT2D eigenvalue weighted by atomic mass is 9.94. The fraction of sp³-hybridized carbons (Fsp3) is 0.846. The normalized spacial score (nSPS) is 24.7. The number of carboxylic acid groups (broad SMARTS) is 1. The minimum Gasteiger partial charge on any atom is -0.481 e. The third-order valence-corrected chi connectivity index (χ3v) is 3.61. The second-order valence-corrected chi connectivity index (χ2v) is 6.19. The van der Waals surface area contributed by atoms with Gasteiger partial charge in [-0.1, -0.05) is 0 Å². The summed E-state index contributed by atoms with van der Waals surface area (Å²) in [6, 6.07) is -0.257. The van der Waals surface area contributed by atoms with Crippen LogP contribution in [0.5, 0.6) is 0 Å². The van der Waals surface area contributed by atoms with Crippen molar-refractivity contribution in [2.75, 3.05) is 19.6 Å². The van der Waals surface area contributed by atoms with Gasteiger partial charge in [-0.3, -0.25) is 4.79 Å². The standard InChI is InChI=1S/C13H24N2O4/c1-12(2,10(16)17)9-14-11(18)15-7-4-5-13(3,19)6-8-15/h19H,4-9H2,1-3H3,(H,14,18)(H,16,17). The van der Waals surface area contributed by atoms with Crippen molar-refractivity contribution in [1.29, 1.82) is 0 Å². The maximum Gasteiger partial charge on any atom is 0.317 e. The quantitative estimate of drug-likeness (QED) is 0.716. The molecule has 1 unspecified atom stereocenters. The first-order valence-corrected chi connectivity index (χ1v) is 6.63. The molecule has 0 spiro atoms. The van der Waals surface area contributed by atoms with Crippen LogP contribution in [-0.4, -0.2) is 52.3 Å². The summed E-state index contributed by atoms with van der Waals surface area (Å²) in [6.45, 7) is 6.10. The molecule has 2 amide bonds. The summed E-state index contributed by atoms with van der Waals surface area (Å²) in [4.78, 5) is 24.6. The van der Waals surface area contributed by atoms with Gasteiger partial charge >= 0.3 is 12.0 Å². The minimum absolute atomic E-state index is 0.0913. The Bertz CT molecular complexity index is 353. The molecule has 6 heteroatoms. The van der Waals surface area contributed by atoms with E-state index >= 15 is 0 Å². The van der Waals surface area contributed by atoms with Gasteiger partial charge in [0, 0.05) is 19.6 Å². The molecule has 1 fully saturated rings. The van der Waals surface area contributed by atoms with Crippen molar-refractivity contribution < 1.29 is 19.8 Å². The molecule has 110 valence electrons. The monoisotopic (exact) mass is 272 g/mol. The van der Waals surface area contributed by atoms with E-state index in [1.165, 1.54) is 0 Å². The van der Waals surface area contributed by atoms with Gasteiger partial charge in [0.05, 0.1) is 11.0 Å². The predicted octanol–water partition coefficient (Wildman–Crippen LogP) is 1.04. The van der Waals surface area contributed by atoms with Gasteiger partial charge in [-0.05, 0) is 40.0 Å². The first kappa shape index (κ1) is 15.8. The molecule has 3 N–H and O–H groups in total. The number of carbonyl (C=O) groups is 2. The van der Waals surface area contributed by atoms with Crippen LogP contribution in [0.3, 0.4) is 0 Å². The highest BCUT2D eigenvalue weighted by atomic mass is 16.4. The maximum atomic E-state index is 12.0. The first-order valence-electron chi connectivity index (χ1n) is 6.63. The minimum atomic E-state index is -0.979. The molecular formula is C13H24N2O4. The van der Waals surface area contributed by atoms with Crippen molar-refractivity contribution in [2.24, 2.45) is 5.41 Å². The number of rotatable bonds is 3. The Hall–Kier alpha value is -1.30. The number of hydrogen-bond donors (Lipinski definition) is 3. The van der Waals surface area contributed by atoms with Gasteiger partial charge in [0.25, 0.3) is 0 Å². The first-order chi connectivity index (χ1) is 8.64. The second-order valence-electron chi connectivity index (χ2n) is 6.19. The smallest absolute Gasteiger partial charge is 0.317 e. The highest BCUT2D eigenvalue weighted by Gasteiger charge is 2.30. The summed E-state index contributed by atoms with van der Waals surface area (Å²) >= 11 is 0. The number of urea groups is 1. The predicted molar refractivity (Wildman–Crippen MR) is 70.9 cm³/mol. The van der Waals surface area contributed by atoms with E-state index in [0.717, 1.165) is 6.42 Å².